The van der Waals surface area contributed by atoms with Gasteiger partial charge >= 0.3 is 0 Å². The van der Waals surface area contributed by atoms with Gasteiger partial charge in [0.1, 0.15) is 11.5 Å². The molecule has 2 N–H and O–H groups in total. The van der Waals surface area contributed by atoms with Crippen molar-refractivity contribution in [2.24, 2.45) is 0 Å². The molecule has 0 heterocycles. The van der Waals surface area contributed by atoms with Gasteiger partial charge in [0.2, 0.25) is 5.91 Å². The average molecular weight is 328 g/mol. The molecule has 0 saturated heterocycles. The minimum Gasteiger partial charge on any atom is -0.494 e. The summed E-state index contributed by atoms with van der Waals surface area (Å²) in [5.41, 5.74) is 1.61. The maximum absolute atomic E-state index is 12.0. The molecule has 0 aliphatic rings. The first-order chi connectivity index (χ1) is 11.6. The normalized spacial score (nSPS) is 10.3. The average Bonchev–Trinajstić information content (AvgIpc) is 2.56. The van der Waals surface area contributed by atoms with Crippen molar-refractivity contribution in [3.05, 3.63) is 48.5 Å². The lowest BCUT2D eigenvalue weighted by atomic mass is 10.3. The molecule has 128 valence electrons. The number of rotatable bonds is 8. The highest BCUT2D eigenvalue weighted by atomic mass is 16.5. The number of hydrogen-bond acceptors (Lipinski definition) is 4. The van der Waals surface area contributed by atoms with E-state index in [1.165, 1.54) is 0 Å². The van der Waals surface area contributed by atoms with Crippen LogP contribution in [0.1, 0.15) is 20.8 Å². The van der Waals surface area contributed by atoms with Crippen LogP contribution < -0.4 is 20.1 Å². The molecule has 2 aromatic carbocycles. The summed E-state index contributed by atoms with van der Waals surface area (Å²) in [6.07, 6.45) is 0.128. The van der Waals surface area contributed by atoms with Crippen molar-refractivity contribution < 1.29 is 14.3 Å². The molecule has 0 spiro atoms. The maximum atomic E-state index is 12.0. The Morgan fingerprint density at radius 2 is 1.54 bits per heavy atom. The van der Waals surface area contributed by atoms with Crippen LogP contribution in [0.3, 0.4) is 0 Å². The summed E-state index contributed by atoms with van der Waals surface area (Å²) in [4.78, 5) is 12.0. The molecule has 0 fully saturated rings. The molecule has 0 atom stereocenters. The summed E-state index contributed by atoms with van der Waals surface area (Å²) in [6, 6.07) is 14.9. The number of benzene rings is 2. The highest BCUT2D eigenvalue weighted by Crippen LogP contribution is 2.17. The summed E-state index contributed by atoms with van der Waals surface area (Å²) in [5.74, 6) is 1.49. The number of carbonyl (C=O) groups is 1. The van der Waals surface area contributed by atoms with E-state index < -0.39 is 0 Å². The minimum atomic E-state index is -0.110. The second-order valence-corrected chi connectivity index (χ2v) is 5.55. The van der Waals surface area contributed by atoms with Crippen LogP contribution in [0, 0.1) is 0 Å². The molecule has 0 saturated carbocycles. The van der Waals surface area contributed by atoms with E-state index >= 15 is 0 Å². The number of anilines is 2. The third-order valence-electron chi connectivity index (χ3n) is 3.13. The molecule has 0 aliphatic heterocycles. The molecule has 2 rings (SSSR count). The first-order valence-electron chi connectivity index (χ1n) is 8.10. The molecular formula is C19H24N2O3. The van der Waals surface area contributed by atoms with Crippen LogP contribution in [-0.4, -0.2) is 25.2 Å². The largest absolute Gasteiger partial charge is 0.494 e. The maximum Gasteiger partial charge on any atom is 0.243 e. The van der Waals surface area contributed by atoms with Crippen molar-refractivity contribution in [3.63, 3.8) is 0 Å². The predicted molar refractivity (Wildman–Crippen MR) is 96.9 cm³/mol. The fourth-order valence-electron chi connectivity index (χ4n) is 2.11. The third-order valence-corrected chi connectivity index (χ3v) is 3.13. The first-order valence-corrected chi connectivity index (χ1v) is 8.10. The van der Waals surface area contributed by atoms with Crippen molar-refractivity contribution in [2.45, 2.75) is 26.9 Å². The van der Waals surface area contributed by atoms with Gasteiger partial charge in [-0.05, 0) is 69.3 Å². The van der Waals surface area contributed by atoms with Crippen LogP contribution >= 0.6 is 0 Å². The lowest BCUT2D eigenvalue weighted by molar-refractivity contribution is -0.114. The molecule has 0 aromatic heterocycles. The Bertz CT molecular complexity index is 637. The fraction of sp³-hybridized carbons (Fsp3) is 0.316. The van der Waals surface area contributed by atoms with E-state index in [0.29, 0.717) is 6.61 Å². The van der Waals surface area contributed by atoms with Gasteiger partial charge in [-0.25, -0.2) is 0 Å². The molecule has 0 unspecified atom stereocenters. The van der Waals surface area contributed by atoms with E-state index in [2.05, 4.69) is 10.6 Å². The Morgan fingerprint density at radius 1 is 0.958 bits per heavy atom. The van der Waals surface area contributed by atoms with E-state index in [9.17, 15) is 4.79 Å². The molecule has 24 heavy (non-hydrogen) atoms. The smallest absolute Gasteiger partial charge is 0.243 e. The van der Waals surface area contributed by atoms with Crippen LogP contribution in [-0.2, 0) is 4.79 Å². The Labute approximate surface area is 143 Å². The van der Waals surface area contributed by atoms with E-state index in [1.54, 1.807) is 0 Å². The number of hydrogen-bond donors (Lipinski definition) is 2. The summed E-state index contributed by atoms with van der Waals surface area (Å²) in [6.45, 7) is 6.72. The van der Waals surface area contributed by atoms with Gasteiger partial charge in [0.15, 0.2) is 0 Å². The van der Waals surface area contributed by atoms with Crippen LogP contribution in [0.5, 0.6) is 11.5 Å². The Balaban J connectivity index is 1.80. The monoisotopic (exact) mass is 328 g/mol. The van der Waals surface area contributed by atoms with Crippen LogP contribution in [0.25, 0.3) is 0 Å². The van der Waals surface area contributed by atoms with Crippen LogP contribution in [0.15, 0.2) is 48.5 Å². The molecule has 2 aromatic rings. The van der Waals surface area contributed by atoms with Crippen molar-refractivity contribution in [1.29, 1.82) is 0 Å². The molecule has 0 aliphatic carbocycles. The summed E-state index contributed by atoms with van der Waals surface area (Å²) >= 11 is 0. The highest BCUT2D eigenvalue weighted by Gasteiger charge is 2.04. The number of ether oxygens (including phenoxy) is 2. The SMILES string of the molecule is CCOc1ccc(NCC(=O)Nc2ccc(OC(C)C)cc2)cc1. The third kappa shape index (κ3) is 5.83. The van der Waals surface area contributed by atoms with Gasteiger partial charge in [-0.15, -0.1) is 0 Å². The molecule has 0 radical (unpaired) electrons. The second kappa shape index (κ2) is 8.82. The van der Waals surface area contributed by atoms with Gasteiger partial charge in [0, 0.05) is 11.4 Å². The van der Waals surface area contributed by atoms with Gasteiger partial charge in [0.05, 0.1) is 19.3 Å². The van der Waals surface area contributed by atoms with Gasteiger partial charge in [-0.1, -0.05) is 0 Å². The molecule has 5 heteroatoms. The number of amides is 1. The van der Waals surface area contributed by atoms with E-state index in [4.69, 9.17) is 9.47 Å². The van der Waals surface area contributed by atoms with Gasteiger partial charge < -0.3 is 20.1 Å². The number of nitrogens with one attached hydrogen (secondary N) is 2. The number of carbonyl (C=O) groups excluding carboxylic acids is 1. The summed E-state index contributed by atoms with van der Waals surface area (Å²) < 4.78 is 11.0. The standard InChI is InChI=1S/C19H24N2O3/c1-4-23-17-9-5-15(6-10-17)20-13-19(22)21-16-7-11-18(12-8-16)24-14(2)3/h5-12,14,20H,4,13H2,1-3H3,(H,21,22). The van der Waals surface area contributed by atoms with Gasteiger partial charge in [0.25, 0.3) is 0 Å². The van der Waals surface area contributed by atoms with Crippen molar-refractivity contribution in [3.8, 4) is 11.5 Å². The Hall–Kier alpha value is -2.69. The topological polar surface area (TPSA) is 59.6 Å². The Morgan fingerprint density at radius 3 is 2.12 bits per heavy atom. The van der Waals surface area contributed by atoms with Crippen molar-refractivity contribution in [2.75, 3.05) is 23.8 Å². The fourth-order valence-corrected chi connectivity index (χ4v) is 2.11. The van der Waals surface area contributed by atoms with E-state index in [-0.39, 0.29) is 18.6 Å². The zero-order chi connectivity index (χ0) is 17.4. The molecular weight excluding hydrogens is 304 g/mol. The second-order valence-electron chi connectivity index (χ2n) is 5.55. The Kier molecular flexibility index (Phi) is 6.49. The van der Waals surface area contributed by atoms with Crippen molar-refractivity contribution >= 4 is 17.3 Å². The summed E-state index contributed by atoms with van der Waals surface area (Å²) in [5, 5.41) is 5.92. The predicted octanol–water partition coefficient (Wildman–Crippen LogP) is 3.92. The summed E-state index contributed by atoms with van der Waals surface area (Å²) in [7, 11) is 0. The lowest BCUT2D eigenvalue weighted by Crippen LogP contribution is -2.21. The molecule has 5 nitrogen and oxygen atoms in total. The zero-order valence-corrected chi connectivity index (χ0v) is 14.3. The first kappa shape index (κ1) is 17.7. The van der Waals surface area contributed by atoms with Gasteiger partial charge in [-0.2, -0.15) is 0 Å². The molecule has 0 bridgehead atoms. The quantitative estimate of drug-likeness (QED) is 0.771. The van der Waals surface area contributed by atoms with Gasteiger partial charge in [-0.3, -0.25) is 4.79 Å². The van der Waals surface area contributed by atoms with Crippen molar-refractivity contribution in [1.82, 2.24) is 0 Å². The zero-order valence-electron chi connectivity index (χ0n) is 14.3. The van der Waals surface area contributed by atoms with Crippen LogP contribution in [0.2, 0.25) is 0 Å². The van der Waals surface area contributed by atoms with E-state index in [1.807, 2.05) is 69.3 Å². The minimum absolute atomic E-state index is 0.110. The highest BCUT2D eigenvalue weighted by molar-refractivity contribution is 5.93. The lowest BCUT2D eigenvalue weighted by Gasteiger charge is -2.11. The molecule has 1 amide bonds. The van der Waals surface area contributed by atoms with E-state index in [0.717, 1.165) is 22.9 Å². The van der Waals surface area contributed by atoms with Crippen LogP contribution in [0.4, 0.5) is 11.4 Å².